The first kappa shape index (κ1) is 14.4. The topological polar surface area (TPSA) is 67.8 Å². The molecule has 0 saturated carbocycles. The van der Waals surface area contributed by atoms with Crippen LogP contribution in [0.4, 0.5) is 0 Å². The summed E-state index contributed by atoms with van der Waals surface area (Å²) in [5.41, 5.74) is -1.38. The maximum Gasteiger partial charge on any atom is 0.252 e. The van der Waals surface area contributed by atoms with Crippen molar-refractivity contribution in [1.82, 2.24) is 5.32 Å². The summed E-state index contributed by atoms with van der Waals surface area (Å²) in [6.45, 7) is 4.73. The summed E-state index contributed by atoms with van der Waals surface area (Å²) in [6.07, 6.45) is 1.87. The van der Waals surface area contributed by atoms with Crippen molar-refractivity contribution >= 4 is 5.91 Å². The van der Waals surface area contributed by atoms with Crippen LogP contribution in [0.25, 0.3) is 0 Å². The molecule has 1 amide bonds. The Hall–Kier alpha value is -0.650. The molecule has 0 aliphatic carbocycles. The van der Waals surface area contributed by atoms with Gasteiger partial charge in [-0.1, -0.05) is 6.92 Å². The van der Waals surface area contributed by atoms with Crippen molar-refractivity contribution in [2.24, 2.45) is 0 Å². The molecule has 1 atom stereocenters. The Kier molecular flexibility index (Phi) is 4.91. The monoisotopic (exact) mass is 245 g/mol. The quantitative estimate of drug-likeness (QED) is 0.738. The lowest BCUT2D eigenvalue weighted by molar-refractivity contribution is -0.146. The number of hydrogen-bond donors (Lipinski definition) is 2. The Labute approximate surface area is 102 Å². The lowest BCUT2D eigenvalue weighted by atomic mass is 9.89. The maximum absolute atomic E-state index is 12.2. The number of nitrogens with one attached hydrogen (secondary N) is 1. The van der Waals surface area contributed by atoms with E-state index in [9.17, 15) is 9.90 Å². The van der Waals surface area contributed by atoms with E-state index in [1.54, 1.807) is 6.92 Å². The normalized spacial score (nSPS) is 22.8. The van der Waals surface area contributed by atoms with Gasteiger partial charge in [0.25, 0.3) is 5.91 Å². The third-order valence-corrected chi connectivity index (χ3v) is 3.74. The van der Waals surface area contributed by atoms with Crippen LogP contribution >= 0.6 is 0 Å². The number of carbonyl (C=O) groups excluding carboxylic acids is 1. The molecule has 17 heavy (non-hydrogen) atoms. The average Bonchev–Trinajstić information content (AvgIpc) is 2.38. The number of methoxy groups -OCH3 is 1. The van der Waals surface area contributed by atoms with Crippen molar-refractivity contribution in [3.05, 3.63) is 0 Å². The molecule has 2 N–H and O–H groups in total. The van der Waals surface area contributed by atoms with Crippen LogP contribution < -0.4 is 5.32 Å². The van der Waals surface area contributed by atoms with Gasteiger partial charge >= 0.3 is 0 Å². The summed E-state index contributed by atoms with van der Waals surface area (Å²) in [7, 11) is 1.53. The van der Waals surface area contributed by atoms with Gasteiger partial charge in [-0.05, 0) is 26.2 Å². The summed E-state index contributed by atoms with van der Waals surface area (Å²) in [6, 6.07) is 0. The summed E-state index contributed by atoms with van der Waals surface area (Å²) < 4.78 is 10.5. The highest BCUT2D eigenvalue weighted by atomic mass is 16.5. The van der Waals surface area contributed by atoms with Gasteiger partial charge in [0, 0.05) is 20.3 Å². The molecule has 5 heteroatoms. The molecule has 1 unspecified atom stereocenters. The van der Waals surface area contributed by atoms with E-state index >= 15 is 0 Å². The minimum atomic E-state index is -0.833. The predicted octanol–water partition coefficient (Wildman–Crippen LogP) is 0.459. The maximum atomic E-state index is 12.2. The van der Waals surface area contributed by atoms with Gasteiger partial charge < -0.3 is 19.9 Å². The fraction of sp³-hybridized carbons (Fsp3) is 0.917. The standard InChI is InChI=1S/C12H23NO4/c1-4-11(2,16-3)10(15)13-12(9-14)5-7-17-8-6-12/h14H,4-9H2,1-3H3,(H,13,15). The molecule has 0 radical (unpaired) electrons. The van der Waals surface area contributed by atoms with Gasteiger partial charge in [-0.2, -0.15) is 0 Å². The molecule has 0 aromatic carbocycles. The van der Waals surface area contributed by atoms with Gasteiger partial charge in [0.1, 0.15) is 5.60 Å². The summed E-state index contributed by atoms with van der Waals surface area (Å²) in [5, 5.41) is 12.4. The van der Waals surface area contributed by atoms with Gasteiger partial charge in [0.15, 0.2) is 0 Å². The molecule has 1 fully saturated rings. The lowest BCUT2D eigenvalue weighted by Crippen LogP contribution is -2.59. The molecular weight excluding hydrogens is 222 g/mol. The Morgan fingerprint density at radius 2 is 2.12 bits per heavy atom. The average molecular weight is 245 g/mol. The number of aliphatic hydroxyl groups is 1. The molecule has 0 aromatic rings. The molecule has 1 rings (SSSR count). The van der Waals surface area contributed by atoms with Crippen LogP contribution in [0, 0.1) is 0 Å². The predicted molar refractivity (Wildman–Crippen MR) is 63.7 cm³/mol. The van der Waals surface area contributed by atoms with Crippen LogP contribution in [0.5, 0.6) is 0 Å². The largest absolute Gasteiger partial charge is 0.394 e. The molecule has 1 aliphatic rings. The molecule has 1 aliphatic heterocycles. The first-order valence-electron chi connectivity index (χ1n) is 6.08. The SMILES string of the molecule is CCC(C)(OC)C(=O)NC1(CO)CCOCC1. The van der Waals surface area contributed by atoms with Crippen molar-refractivity contribution in [3.8, 4) is 0 Å². The zero-order valence-electron chi connectivity index (χ0n) is 10.9. The minimum Gasteiger partial charge on any atom is -0.394 e. The third-order valence-electron chi connectivity index (χ3n) is 3.74. The van der Waals surface area contributed by atoms with Crippen LogP contribution in [0.3, 0.4) is 0 Å². The highest BCUT2D eigenvalue weighted by Gasteiger charge is 2.39. The molecule has 100 valence electrons. The Morgan fingerprint density at radius 3 is 2.53 bits per heavy atom. The van der Waals surface area contributed by atoms with Crippen molar-refractivity contribution < 1.29 is 19.4 Å². The number of amides is 1. The second-order valence-electron chi connectivity index (χ2n) is 4.79. The van der Waals surface area contributed by atoms with Crippen molar-refractivity contribution in [1.29, 1.82) is 0 Å². The highest BCUT2D eigenvalue weighted by molar-refractivity contribution is 5.85. The van der Waals surface area contributed by atoms with E-state index in [0.29, 0.717) is 32.5 Å². The fourth-order valence-electron chi connectivity index (χ4n) is 1.86. The van der Waals surface area contributed by atoms with Gasteiger partial charge in [-0.15, -0.1) is 0 Å². The van der Waals surface area contributed by atoms with Gasteiger partial charge in [0.2, 0.25) is 0 Å². The number of carbonyl (C=O) groups is 1. The number of aliphatic hydroxyl groups excluding tert-OH is 1. The lowest BCUT2D eigenvalue weighted by Gasteiger charge is -2.39. The fourth-order valence-corrected chi connectivity index (χ4v) is 1.86. The molecule has 5 nitrogen and oxygen atoms in total. The number of ether oxygens (including phenoxy) is 2. The molecule has 0 aromatic heterocycles. The van der Waals surface area contributed by atoms with Crippen LogP contribution in [0.15, 0.2) is 0 Å². The van der Waals surface area contributed by atoms with Crippen molar-refractivity contribution in [3.63, 3.8) is 0 Å². The number of hydrogen-bond acceptors (Lipinski definition) is 4. The third kappa shape index (κ3) is 3.18. The first-order valence-corrected chi connectivity index (χ1v) is 6.08. The molecule has 0 bridgehead atoms. The second-order valence-corrected chi connectivity index (χ2v) is 4.79. The van der Waals surface area contributed by atoms with E-state index in [0.717, 1.165) is 0 Å². The Bertz CT molecular complexity index is 257. The molecule has 0 spiro atoms. The molecule has 1 saturated heterocycles. The van der Waals surface area contributed by atoms with E-state index in [-0.39, 0.29) is 12.5 Å². The van der Waals surface area contributed by atoms with E-state index in [4.69, 9.17) is 9.47 Å². The number of rotatable bonds is 5. The van der Waals surface area contributed by atoms with Gasteiger partial charge in [-0.3, -0.25) is 4.79 Å². The van der Waals surface area contributed by atoms with Gasteiger partial charge in [-0.25, -0.2) is 0 Å². The Morgan fingerprint density at radius 1 is 1.53 bits per heavy atom. The zero-order chi connectivity index (χ0) is 12.9. The second kappa shape index (κ2) is 5.80. The molecule has 1 heterocycles. The van der Waals surface area contributed by atoms with Crippen LogP contribution in [0.2, 0.25) is 0 Å². The zero-order valence-corrected chi connectivity index (χ0v) is 10.9. The van der Waals surface area contributed by atoms with E-state index in [1.807, 2.05) is 6.92 Å². The van der Waals surface area contributed by atoms with Crippen LogP contribution in [-0.4, -0.2) is 49.1 Å². The van der Waals surface area contributed by atoms with Crippen molar-refractivity contribution in [2.75, 3.05) is 26.9 Å². The van der Waals surface area contributed by atoms with E-state index < -0.39 is 11.1 Å². The first-order chi connectivity index (χ1) is 8.02. The smallest absolute Gasteiger partial charge is 0.252 e. The highest BCUT2D eigenvalue weighted by Crippen LogP contribution is 2.23. The summed E-state index contributed by atoms with van der Waals surface area (Å²) in [5.74, 6) is -0.168. The van der Waals surface area contributed by atoms with Crippen LogP contribution in [0.1, 0.15) is 33.1 Å². The summed E-state index contributed by atoms with van der Waals surface area (Å²) in [4.78, 5) is 12.2. The van der Waals surface area contributed by atoms with Crippen LogP contribution in [-0.2, 0) is 14.3 Å². The van der Waals surface area contributed by atoms with E-state index in [2.05, 4.69) is 5.32 Å². The minimum absolute atomic E-state index is 0.0639. The molecular formula is C12H23NO4. The van der Waals surface area contributed by atoms with Crippen molar-refractivity contribution in [2.45, 2.75) is 44.2 Å². The van der Waals surface area contributed by atoms with E-state index in [1.165, 1.54) is 7.11 Å². The Balaban J connectivity index is 2.70. The summed E-state index contributed by atoms with van der Waals surface area (Å²) >= 11 is 0. The van der Waals surface area contributed by atoms with Gasteiger partial charge in [0.05, 0.1) is 12.1 Å².